The van der Waals surface area contributed by atoms with Crippen molar-refractivity contribution in [3.63, 3.8) is 0 Å². The maximum atomic E-state index is 10.9. The van der Waals surface area contributed by atoms with Gasteiger partial charge in [0.25, 0.3) is 0 Å². The molecule has 3 rings (SSSR count). The van der Waals surface area contributed by atoms with Crippen LogP contribution in [-0.4, -0.2) is 29.2 Å². The van der Waals surface area contributed by atoms with Crippen LogP contribution in [0.5, 0.6) is 5.75 Å². The van der Waals surface area contributed by atoms with Crippen molar-refractivity contribution in [3.8, 4) is 29.4 Å². The fourth-order valence-corrected chi connectivity index (χ4v) is 3.01. The Morgan fingerprint density at radius 2 is 1.72 bits per heavy atom. The first-order valence-corrected chi connectivity index (χ1v) is 11.0. The third-order valence-corrected chi connectivity index (χ3v) is 4.86. The second-order valence-electron chi connectivity index (χ2n) is 6.57. The highest BCUT2D eigenvalue weighted by Gasteiger charge is 1.97. The van der Waals surface area contributed by atoms with Crippen molar-refractivity contribution in [1.29, 1.82) is 0 Å². The Bertz CT molecular complexity index is 1130. The fourth-order valence-electron chi connectivity index (χ4n) is 2.53. The molecule has 0 unspecified atom stereocenters. The van der Waals surface area contributed by atoms with Crippen LogP contribution in [0.15, 0.2) is 66.8 Å². The largest absolute Gasteiger partial charge is 0.494 e. The maximum absolute atomic E-state index is 10.9. The molecule has 32 heavy (non-hydrogen) atoms. The Kier molecular flexibility index (Phi) is 9.08. The molecule has 0 saturated carbocycles. The number of carbonyl (C=O) groups is 1. The van der Waals surface area contributed by atoms with Crippen molar-refractivity contribution in [2.75, 3.05) is 13.2 Å². The molecule has 2 heterocycles. The van der Waals surface area contributed by atoms with Gasteiger partial charge in [-0.1, -0.05) is 18.4 Å². The summed E-state index contributed by atoms with van der Waals surface area (Å²) in [4.78, 5) is 19.4. The molecule has 0 aliphatic carbocycles. The smallest absolute Gasteiger partial charge is 0.330 e. The van der Waals surface area contributed by atoms with Crippen LogP contribution in [0.1, 0.15) is 41.1 Å². The minimum atomic E-state index is -0.380. The van der Waals surface area contributed by atoms with Crippen molar-refractivity contribution in [1.82, 2.24) is 9.97 Å². The fraction of sp³-hybridized carbons (Fsp3) is 0.192. The normalized spacial score (nSPS) is 9.62. The van der Waals surface area contributed by atoms with Gasteiger partial charge < -0.3 is 9.47 Å². The van der Waals surface area contributed by atoms with E-state index in [0.717, 1.165) is 41.1 Å². The predicted molar refractivity (Wildman–Crippen MR) is 125 cm³/mol. The van der Waals surface area contributed by atoms with Crippen LogP contribution in [0.25, 0.3) is 0 Å². The zero-order valence-corrected chi connectivity index (χ0v) is 18.4. The number of aromatic nitrogens is 2. The summed E-state index contributed by atoms with van der Waals surface area (Å²) in [5, 5.41) is 2.68. The second-order valence-corrected chi connectivity index (χ2v) is 7.47. The summed E-state index contributed by atoms with van der Waals surface area (Å²) in [7, 11) is 0. The van der Waals surface area contributed by atoms with E-state index < -0.39 is 0 Å². The lowest BCUT2D eigenvalue weighted by molar-refractivity contribution is -0.137. The van der Waals surface area contributed by atoms with Crippen LogP contribution in [-0.2, 0) is 9.53 Å². The molecule has 0 spiro atoms. The maximum Gasteiger partial charge on any atom is 0.330 e. The lowest BCUT2D eigenvalue weighted by Gasteiger charge is -2.06. The number of unbranched alkanes of at least 4 members (excludes halogenated alkanes) is 2. The summed E-state index contributed by atoms with van der Waals surface area (Å²) in [6.07, 6.45) is 7.25. The molecular weight excluding hydrogens is 420 g/mol. The number of thiazole rings is 1. The molecule has 160 valence electrons. The molecule has 1 aromatic carbocycles. The molecule has 0 N–H and O–H groups in total. The number of rotatable bonds is 8. The third-order valence-electron chi connectivity index (χ3n) is 4.17. The van der Waals surface area contributed by atoms with Gasteiger partial charge in [0.1, 0.15) is 11.4 Å². The highest BCUT2D eigenvalue weighted by molar-refractivity contribution is 7.10. The van der Waals surface area contributed by atoms with Gasteiger partial charge in [-0.15, -0.1) is 11.3 Å². The first kappa shape index (κ1) is 22.8. The molecule has 6 heteroatoms. The minimum Gasteiger partial charge on any atom is -0.494 e. The summed E-state index contributed by atoms with van der Waals surface area (Å²) in [5.41, 5.74) is 2.39. The Labute approximate surface area is 192 Å². The van der Waals surface area contributed by atoms with Gasteiger partial charge in [-0.2, -0.15) is 0 Å². The molecule has 0 saturated heterocycles. The van der Waals surface area contributed by atoms with Gasteiger partial charge in [-0.3, -0.25) is 0 Å². The predicted octanol–water partition coefficient (Wildman–Crippen LogP) is 4.62. The lowest BCUT2D eigenvalue weighted by Crippen LogP contribution is -2.03. The van der Waals surface area contributed by atoms with Gasteiger partial charge in [0.15, 0.2) is 5.01 Å². The monoisotopic (exact) mass is 442 g/mol. The molecule has 0 aliphatic heterocycles. The van der Waals surface area contributed by atoms with Gasteiger partial charge >= 0.3 is 5.97 Å². The number of hydrogen-bond acceptors (Lipinski definition) is 6. The summed E-state index contributed by atoms with van der Waals surface area (Å²) in [5.74, 6) is 12.6. The average Bonchev–Trinajstić information content (AvgIpc) is 3.36. The van der Waals surface area contributed by atoms with E-state index in [1.807, 2.05) is 41.8 Å². The van der Waals surface area contributed by atoms with E-state index in [2.05, 4.69) is 40.2 Å². The van der Waals surface area contributed by atoms with Crippen LogP contribution in [0.4, 0.5) is 0 Å². The van der Waals surface area contributed by atoms with E-state index in [-0.39, 0.29) is 5.97 Å². The van der Waals surface area contributed by atoms with Crippen LogP contribution in [0.3, 0.4) is 0 Å². The summed E-state index contributed by atoms with van der Waals surface area (Å²) in [6.45, 7) is 4.39. The summed E-state index contributed by atoms with van der Waals surface area (Å²) < 4.78 is 10.7. The van der Waals surface area contributed by atoms with Gasteiger partial charge in [0.2, 0.25) is 0 Å². The van der Waals surface area contributed by atoms with Gasteiger partial charge in [0, 0.05) is 35.0 Å². The average molecular weight is 443 g/mol. The third kappa shape index (κ3) is 8.10. The van der Waals surface area contributed by atoms with Crippen molar-refractivity contribution in [3.05, 3.63) is 88.7 Å². The van der Waals surface area contributed by atoms with Crippen LogP contribution >= 0.6 is 11.3 Å². The van der Waals surface area contributed by atoms with Crippen LogP contribution in [0, 0.1) is 23.7 Å². The number of pyridine rings is 1. The molecule has 0 amide bonds. The number of carbonyl (C=O) groups excluding carboxylic acids is 1. The summed E-state index contributed by atoms with van der Waals surface area (Å²) >= 11 is 1.51. The molecule has 2 aromatic heterocycles. The number of benzene rings is 1. The molecular formula is C26H22N2O3S. The van der Waals surface area contributed by atoms with Gasteiger partial charge in [-0.05, 0) is 67.5 Å². The zero-order valence-electron chi connectivity index (χ0n) is 17.5. The van der Waals surface area contributed by atoms with E-state index in [4.69, 9.17) is 9.47 Å². The first-order chi connectivity index (χ1) is 15.7. The molecule has 3 aromatic rings. The Morgan fingerprint density at radius 3 is 2.44 bits per heavy atom. The quantitative estimate of drug-likeness (QED) is 0.221. The van der Waals surface area contributed by atoms with E-state index in [1.165, 1.54) is 17.4 Å². The van der Waals surface area contributed by atoms with Crippen molar-refractivity contribution < 1.29 is 14.3 Å². The Balaban J connectivity index is 1.41. The Morgan fingerprint density at radius 1 is 0.938 bits per heavy atom. The number of nitrogens with zero attached hydrogens (tertiary/aromatic N) is 2. The first-order valence-electron chi connectivity index (χ1n) is 10.1. The van der Waals surface area contributed by atoms with Crippen molar-refractivity contribution >= 4 is 17.3 Å². The molecule has 0 bridgehead atoms. The number of hydrogen-bond donors (Lipinski definition) is 0. The van der Waals surface area contributed by atoms with Gasteiger partial charge in [-0.25, -0.2) is 14.8 Å². The molecule has 0 fully saturated rings. The topological polar surface area (TPSA) is 61.3 Å². The highest BCUT2D eigenvalue weighted by atomic mass is 32.1. The van der Waals surface area contributed by atoms with Gasteiger partial charge in [0.05, 0.1) is 13.2 Å². The summed E-state index contributed by atoms with van der Waals surface area (Å²) in [6, 6.07) is 11.4. The molecule has 0 radical (unpaired) electrons. The SMILES string of the molecule is C=CC(=O)OCCCCCOc1ccc(C#Cc2ccc(C#Cc3nccs3)cn2)cc1. The second kappa shape index (κ2) is 12.7. The molecule has 5 nitrogen and oxygen atoms in total. The standard InChI is InChI=1S/C26H22N2O3S/c1-2-26(29)31-18-5-3-4-17-30-24-13-8-21(9-14-24)6-11-23-12-7-22(20-28-23)10-15-25-27-16-19-32-25/h2,7-9,12-14,16,19-20H,1,3-5,17-18H2. The number of esters is 1. The molecule has 0 atom stereocenters. The van der Waals surface area contributed by atoms with E-state index in [0.29, 0.717) is 18.9 Å². The van der Waals surface area contributed by atoms with E-state index in [9.17, 15) is 4.79 Å². The Hall–Kier alpha value is -3.87. The van der Waals surface area contributed by atoms with E-state index in [1.54, 1.807) is 12.4 Å². The minimum absolute atomic E-state index is 0.380. The zero-order chi connectivity index (χ0) is 22.4. The number of ether oxygens (including phenoxy) is 2. The lowest BCUT2D eigenvalue weighted by atomic mass is 10.2. The van der Waals surface area contributed by atoms with E-state index >= 15 is 0 Å². The highest BCUT2D eigenvalue weighted by Crippen LogP contribution is 2.12. The van der Waals surface area contributed by atoms with Crippen molar-refractivity contribution in [2.45, 2.75) is 19.3 Å². The van der Waals surface area contributed by atoms with Crippen LogP contribution < -0.4 is 4.74 Å². The van der Waals surface area contributed by atoms with Crippen molar-refractivity contribution in [2.24, 2.45) is 0 Å². The van der Waals surface area contributed by atoms with Crippen LogP contribution in [0.2, 0.25) is 0 Å². The molecule has 0 aliphatic rings.